The van der Waals surface area contributed by atoms with Gasteiger partial charge in [-0.3, -0.25) is 25.3 Å². The van der Waals surface area contributed by atoms with Gasteiger partial charge in [-0.05, 0) is 48.2 Å². The molecular formula is C21H14N6O4S. The standard InChI is InChI=1S/C21H14N6O4S/c28-18(15-5-4-12-22-13-15)20(25-23-16-6-2-1-3-7-16)32-21-26-24-19(31-21)14-8-10-17(11-9-14)27(29)30/h1-13,23H/b25-20-. The van der Waals surface area contributed by atoms with E-state index in [1.54, 1.807) is 30.5 Å². The Morgan fingerprint density at radius 3 is 2.50 bits per heavy atom. The van der Waals surface area contributed by atoms with Crippen molar-refractivity contribution in [3.8, 4) is 11.5 Å². The lowest BCUT2D eigenvalue weighted by atomic mass is 10.2. The fourth-order valence-corrected chi connectivity index (χ4v) is 3.21. The van der Waals surface area contributed by atoms with Gasteiger partial charge in [-0.25, -0.2) is 0 Å². The van der Waals surface area contributed by atoms with E-state index in [0.717, 1.165) is 11.8 Å². The highest BCUT2D eigenvalue weighted by Crippen LogP contribution is 2.26. The lowest BCUT2D eigenvalue weighted by Gasteiger charge is -2.05. The van der Waals surface area contributed by atoms with Crippen LogP contribution in [0.5, 0.6) is 0 Å². The number of nitro benzene ring substituents is 1. The molecule has 0 saturated carbocycles. The van der Waals surface area contributed by atoms with Gasteiger partial charge in [-0.2, -0.15) is 5.10 Å². The van der Waals surface area contributed by atoms with Crippen molar-refractivity contribution in [2.45, 2.75) is 5.22 Å². The van der Waals surface area contributed by atoms with Crippen LogP contribution >= 0.6 is 11.8 Å². The van der Waals surface area contributed by atoms with Crippen molar-refractivity contribution >= 4 is 34.0 Å². The zero-order chi connectivity index (χ0) is 22.3. The molecule has 158 valence electrons. The number of carbonyl (C=O) groups excluding carboxylic acids is 1. The summed E-state index contributed by atoms with van der Waals surface area (Å²) < 4.78 is 5.63. The highest BCUT2D eigenvalue weighted by atomic mass is 32.2. The smallest absolute Gasteiger partial charge is 0.283 e. The number of non-ortho nitro benzene ring substituents is 1. The molecule has 1 N–H and O–H groups in total. The third-order valence-corrected chi connectivity index (χ3v) is 4.90. The minimum atomic E-state index is -0.495. The molecule has 0 aliphatic carbocycles. The number of hydrogen-bond acceptors (Lipinski definition) is 10. The lowest BCUT2D eigenvalue weighted by molar-refractivity contribution is -0.384. The number of ketones is 1. The van der Waals surface area contributed by atoms with Gasteiger partial charge in [0.25, 0.3) is 10.9 Å². The normalized spacial score (nSPS) is 11.2. The van der Waals surface area contributed by atoms with Gasteiger partial charge in [-0.1, -0.05) is 18.2 Å². The van der Waals surface area contributed by atoms with E-state index >= 15 is 0 Å². The van der Waals surface area contributed by atoms with Crippen LogP contribution in [-0.2, 0) is 0 Å². The molecule has 2 aromatic carbocycles. The molecule has 0 amide bonds. The van der Waals surface area contributed by atoms with Crippen molar-refractivity contribution in [2.75, 3.05) is 5.43 Å². The van der Waals surface area contributed by atoms with Crippen LogP contribution in [0.15, 0.2) is 93.9 Å². The highest BCUT2D eigenvalue weighted by molar-refractivity contribution is 8.15. The van der Waals surface area contributed by atoms with Crippen LogP contribution in [-0.4, -0.2) is 30.9 Å². The molecule has 0 atom stereocenters. The molecule has 0 fully saturated rings. The molecule has 0 spiro atoms. The lowest BCUT2D eigenvalue weighted by Crippen LogP contribution is -2.13. The van der Waals surface area contributed by atoms with Gasteiger partial charge in [-0.15, -0.1) is 10.2 Å². The third-order valence-electron chi connectivity index (χ3n) is 4.09. The summed E-state index contributed by atoms with van der Waals surface area (Å²) in [7, 11) is 0. The maximum atomic E-state index is 13.0. The van der Waals surface area contributed by atoms with E-state index < -0.39 is 4.92 Å². The first kappa shape index (κ1) is 20.9. The largest absolute Gasteiger partial charge is 0.411 e. The number of rotatable bonds is 7. The number of carbonyl (C=O) groups is 1. The summed E-state index contributed by atoms with van der Waals surface area (Å²) in [6, 6.07) is 18.1. The monoisotopic (exact) mass is 446 g/mol. The summed E-state index contributed by atoms with van der Waals surface area (Å²) in [6.07, 6.45) is 3.01. The number of thioether (sulfide) groups is 1. The van der Waals surface area contributed by atoms with E-state index in [1.807, 2.05) is 18.2 Å². The van der Waals surface area contributed by atoms with Gasteiger partial charge >= 0.3 is 0 Å². The first-order valence-electron chi connectivity index (χ1n) is 9.20. The van der Waals surface area contributed by atoms with E-state index in [-0.39, 0.29) is 27.6 Å². The van der Waals surface area contributed by atoms with Crippen LogP contribution in [0.2, 0.25) is 0 Å². The predicted molar refractivity (Wildman–Crippen MR) is 118 cm³/mol. The van der Waals surface area contributed by atoms with E-state index in [1.165, 1.54) is 30.5 Å². The fourth-order valence-electron chi connectivity index (χ4n) is 2.54. The number of pyridine rings is 1. The fraction of sp³-hybridized carbons (Fsp3) is 0. The Morgan fingerprint density at radius 2 is 1.81 bits per heavy atom. The van der Waals surface area contributed by atoms with Crippen LogP contribution in [0.4, 0.5) is 11.4 Å². The summed E-state index contributed by atoms with van der Waals surface area (Å²) in [6.45, 7) is 0. The summed E-state index contributed by atoms with van der Waals surface area (Å²) in [5.41, 5.74) is 4.35. The average molecular weight is 446 g/mol. The molecule has 0 radical (unpaired) electrons. The van der Waals surface area contributed by atoms with E-state index in [2.05, 4.69) is 25.7 Å². The zero-order valence-electron chi connectivity index (χ0n) is 16.3. The Hall–Kier alpha value is -4.38. The molecule has 2 heterocycles. The average Bonchev–Trinajstić information content (AvgIpc) is 3.31. The van der Waals surface area contributed by atoms with Gasteiger partial charge in [0, 0.05) is 35.7 Å². The molecule has 10 nitrogen and oxygen atoms in total. The number of hydrogen-bond donors (Lipinski definition) is 1. The number of nitrogens with zero attached hydrogens (tertiary/aromatic N) is 5. The van der Waals surface area contributed by atoms with Crippen molar-refractivity contribution in [3.63, 3.8) is 0 Å². The molecule has 0 unspecified atom stereocenters. The molecule has 11 heteroatoms. The Balaban J connectivity index is 1.58. The minimum absolute atomic E-state index is 0.0497. The maximum Gasteiger partial charge on any atom is 0.283 e. The molecule has 2 aromatic heterocycles. The molecule has 0 aliphatic heterocycles. The Morgan fingerprint density at radius 1 is 1.03 bits per heavy atom. The molecule has 0 bridgehead atoms. The molecule has 32 heavy (non-hydrogen) atoms. The number of hydrazone groups is 1. The van der Waals surface area contributed by atoms with E-state index in [9.17, 15) is 14.9 Å². The van der Waals surface area contributed by atoms with Gasteiger partial charge < -0.3 is 4.42 Å². The molecular weight excluding hydrogens is 432 g/mol. The second-order valence-electron chi connectivity index (χ2n) is 6.24. The SMILES string of the molecule is O=C(/C(=N/Nc1ccccc1)Sc1nnc(-c2ccc([N+](=O)[O-])cc2)o1)c1cccnc1. The van der Waals surface area contributed by atoms with Crippen molar-refractivity contribution in [2.24, 2.45) is 5.10 Å². The Labute approximate surface area is 185 Å². The second-order valence-corrected chi connectivity index (χ2v) is 7.18. The second kappa shape index (κ2) is 9.62. The van der Waals surface area contributed by atoms with Crippen molar-refractivity contribution in [1.82, 2.24) is 15.2 Å². The number of para-hydroxylation sites is 1. The van der Waals surface area contributed by atoms with Crippen molar-refractivity contribution in [3.05, 3.63) is 94.8 Å². The zero-order valence-corrected chi connectivity index (χ0v) is 17.1. The topological polar surface area (TPSA) is 136 Å². The molecule has 0 aliphatic rings. The first-order valence-corrected chi connectivity index (χ1v) is 10.0. The molecule has 0 saturated heterocycles. The van der Waals surface area contributed by atoms with Gasteiger partial charge in [0.2, 0.25) is 11.7 Å². The van der Waals surface area contributed by atoms with Gasteiger partial charge in [0.05, 0.1) is 10.6 Å². The van der Waals surface area contributed by atoms with Crippen molar-refractivity contribution in [1.29, 1.82) is 0 Å². The Bertz CT molecular complexity index is 1260. The van der Waals surface area contributed by atoms with Crippen LogP contribution in [0.3, 0.4) is 0 Å². The predicted octanol–water partition coefficient (Wildman–Crippen LogP) is 4.44. The molecule has 4 rings (SSSR count). The first-order chi connectivity index (χ1) is 15.6. The van der Waals surface area contributed by atoms with Crippen LogP contribution in [0, 0.1) is 10.1 Å². The summed E-state index contributed by atoms with van der Waals surface area (Å²) in [5.74, 6) is -0.215. The number of nitrogens with one attached hydrogen (secondary N) is 1. The molecule has 4 aromatic rings. The maximum absolute atomic E-state index is 13.0. The van der Waals surface area contributed by atoms with E-state index in [4.69, 9.17) is 4.42 Å². The quantitative estimate of drug-likeness (QED) is 0.109. The summed E-state index contributed by atoms with van der Waals surface area (Å²) in [4.78, 5) is 27.3. The third kappa shape index (κ3) is 5.02. The van der Waals surface area contributed by atoms with Crippen LogP contribution in [0.25, 0.3) is 11.5 Å². The number of nitro groups is 1. The number of benzene rings is 2. The van der Waals surface area contributed by atoms with Gasteiger partial charge in [0.15, 0.2) is 5.04 Å². The summed E-state index contributed by atoms with van der Waals surface area (Å²) >= 11 is 0.896. The van der Waals surface area contributed by atoms with Crippen LogP contribution < -0.4 is 5.43 Å². The highest BCUT2D eigenvalue weighted by Gasteiger charge is 2.20. The van der Waals surface area contributed by atoms with E-state index in [0.29, 0.717) is 16.8 Å². The number of aromatic nitrogens is 3. The number of Topliss-reactive ketones (excluding diaryl/α,β-unsaturated/α-hetero) is 1. The Kier molecular flexibility index (Phi) is 6.28. The van der Waals surface area contributed by atoms with Crippen LogP contribution in [0.1, 0.15) is 10.4 Å². The van der Waals surface area contributed by atoms with Gasteiger partial charge in [0.1, 0.15) is 0 Å². The summed E-state index contributed by atoms with van der Waals surface area (Å²) in [5, 5.41) is 23.1. The minimum Gasteiger partial charge on any atom is -0.411 e. The number of anilines is 1. The van der Waals surface area contributed by atoms with Crippen molar-refractivity contribution < 1.29 is 14.1 Å².